The van der Waals surface area contributed by atoms with E-state index in [0.29, 0.717) is 25.8 Å². The molecule has 0 fully saturated rings. The number of carbonyl (C=O) groups excluding carboxylic acids is 1. The molecule has 2 unspecified atom stereocenters. The Kier molecular flexibility index (Phi) is 6.73. The number of aliphatic carboxylic acids is 1. The van der Waals surface area contributed by atoms with Crippen LogP contribution in [-0.2, 0) is 9.59 Å². The number of carboxylic acids is 1. The molecule has 0 aliphatic carbocycles. The standard InChI is InChI=1S/C15H22N2O3/c1-11(15(19)20)9-10-17-14(18)8-7-13(16)12-5-3-2-4-6-12/h2-6,11,13H,7-10,16H2,1H3,(H,17,18)(H,19,20). The molecule has 4 N–H and O–H groups in total. The highest BCUT2D eigenvalue weighted by molar-refractivity contribution is 5.76. The van der Waals surface area contributed by atoms with Crippen LogP contribution in [0, 0.1) is 5.92 Å². The Hall–Kier alpha value is -1.88. The topological polar surface area (TPSA) is 92.4 Å². The minimum absolute atomic E-state index is 0.0889. The van der Waals surface area contributed by atoms with E-state index in [2.05, 4.69) is 5.32 Å². The predicted octanol–water partition coefficient (Wildman–Crippen LogP) is 1.69. The Morgan fingerprint density at radius 2 is 1.90 bits per heavy atom. The van der Waals surface area contributed by atoms with Crippen molar-refractivity contribution in [3.8, 4) is 0 Å². The molecule has 0 aliphatic rings. The van der Waals surface area contributed by atoms with E-state index in [-0.39, 0.29) is 11.9 Å². The zero-order valence-electron chi connectivity index (χ0n) is 11.7. The summed E-state index contributed by atoms with van der Waals surface area (Å²) in [5.74, 6) is -1.37. The molecule has 1 aromatic carbocycles. The average molecular weight is 278 g/mol. The van der Waals surface area contributed by atoms with Crippen LogP contribution in [0.1, 0.15) is 37.8 Å². The molecule has 0 bridgehead atoms. The summed E-state index contributed by atoms with van der Waals surface area (Å²) in [6.45, 7) is 2.01. The van der Waals surface area contributed by atoms with Crippen LogP contribution in [0.2, 0.25) is 0 Å². The number of hydrogen-bond acceptors (Lipinski definition) is 3. The molecule has 20 heavy (non-hydrogen) atoms. The normalized spacial score (nSPS) is 13.5. The number of amides is 1. The fourth-order valence-corrected chi connectivity index (χ4v) is 1.79. The molecule has 0 aromatic heterocycles. The molecule has 5 heteroatoms. The van der Waals surface area contributed by atoms with Gasteiger partial charge >= 0.3 is 5.97 Å². The third-order valence-electron chi connectivity index (χ3n) is 3.23. The third-order valence-corrected chi connectivity index (χ3v) is 3.23. The summed E-state index contributed by atoms with van der Waals surface area (Å²) >= 11 is 0. The van der Waals surface area contributed by atoms with Crippen LogP contribution < -0.4 is 11.1 Å². The molecular formula is C15H22N2O3. The van der Waals surface area contributed by atoms with E-state index in [0.717, 1.165) is 5.56 Å². The number of carbonyl (C=O) groups is 2. The van der Waals surface area contributed by atoms with E-state index in [1.807, 2.05) is 30.3 Å². The summed E-state index contributed by atoms with van der Waals surface area (Å²) in [5.41, 5.74) is 7.02. The largest absolute Gasteiger partial charge is 0.481 e. The second-order valence-corrected chi connectivity index (χ2v) is 4.93. The number of nitrogens with one attached hydrogen (secondary N) is 1. The van der Waals surface area contributed by atoms with Gasteiger partial charge in [0.05, 0.1) is 5.92 Å². The minimum Gasteiger partial charge on any atom is -0.481 e. The van der Waals surface area contributed by atoms with Gasteiger partial charge in [-0.3, -0.25) is 9.59 Å². The summed E-state index contributed by atoms with van der Waals surface area (Å²) < 4.78 is 0. The van der Waals surface area contributed by atoms with Gasteiger partial charge in [0.15, 0.2) is 0 Å². The lowest BCUT2D eigenvalue weighted by molar-refractivity contribution is -0.141. The lowest BCUT2D eigenvalue weighted by Crippen LogP contribution is -2.27. The number of nitrogens with two attached hydrogens (primary N) is 1. The molecule has 2 atom stereocenters. The van der Waals surface area contributed by atoms with E-state index in [1.165, 1.54) is 0 Å². The number of benzene rings is 1. The van der Waals surface area contributed by atoms with Crippen molar-refractivity contribution in [2.24, 2.45) is 11.7 Å². The van der Waals surface area contributed by atoms with Crippen LogP contribution in [-0.4, -0.2) is 23.5 Å². The van der Waals surface area contributed by atoms with Crippen LogP contribution in [0.3, 0.4) is 0 Å². The van der Waals surface area contributed by atoms with E-state index < -0.39 is 11.9 Å². The molecule has 0 radical (unpaired) electrons. The molecular weight excluding hydrogens is 256 g/mol. The van der Waals surface area contributed by atoms with Crippen molar-refractivity contribution in [3.05, 3.63) is 35.9 Å². The Morgan fingerprint density at radius 1 is 1.25 bits per heavy atom. The third kappa shape index (κ3) is 5.84. The first-order chi connectivity index (χ1) is 9.50. The zero-order chi connectivity index (χ0) is 15.0. The summed E-state index contributed by atoms with van der Waals surface area (Å²) in [6.07, 6.45) is 1.35. The highest BCUT2D eigenvalue weighted by Crippen LogP contribution is 2.14. The van der Waals surface area contributed by atoms with E-state index in [4.69, 9.17) is 10.8 Å². The molecule has 0 spiro atoms. The number of carboxylic acid groups (broad SMARTS) is 1. The van der Waals surface area contributed by atoms with E-state index in [1.54, 1.807) is 6.92 Å². The van der Waals surface area contributed by atoms with Crippen LogP contribution in [0.4, 0.5) is 0 Å². The van der Waals surface area contributed by atoms with Crippen molar-refractivity contribution in [1.82, 2.24) is 5.32 Å². The fraction of sp³-hybridized carbons (Fsp3) is 0.467. The van der Waals surface area contributed by atoms with Crippen molar-refractivity contribution in [2.75, 3.05) is 6.54 Å². The maximum atomic E-state index is 11.6. The van der Waals surface area contributed by atoms with Gasteiger partial charge in [-0.15, -0.1) is 0 Å². The monoisotopic (exact) mass is 278 g/mol. The second-order valence-electron chi connectivity index (χ2n) is 4.93. The van der Waals surface area contributed by atoms with Gasteiger partial charge in [-0.2, -0.15) is 0 Å². The van der Waals surface area contributed by atoms with Crippen LogP contribution in [0.15, 0.2) is 30.3 Å². The predicted molar refractivity (Wildman–Crippen MR) is 77.0 cm³/mol. The highest BCUT2D eigenvalue weighted by Gasteiger charge is 2.12. The summed E-state index contributed by atoms with van der Waals surface area (Å²) in [6, 6.07) is 9.49. The second kappa shape index (κ2) is 8.32. The van der Waals surface area contributed by atoms with Crippen molar-refractivity contribution >= 4 is 11.9 Å². The molecule has 5 nitrogen and oxygen atoms in total. The molecule has 0 heterocycles. The number of rotatable bonds is 8. The maximum Gasteiger partial charge on any atom is 0.306 e. The highest BCUT2D eigenvalue weighted by atomic mass is 16.4. The van der Waals surface area contributed by atoms with Gasteiger partial charge in [-0.05, 0) is 18.4 Å². The molecule has 0 saturated heterocycles. The first-order valence-corrected chi connectivity index (χ1v) is 6.80. The maximum absolute atomic E-state index is 11.6. The molecule has 0 saturated carbocycles. The quantitative estimate of drug-likeness (QED) is 0.674. The van der Waals surface area contributed by atoms with Crippen molar-refractivity contribution in [3.63, 3.8) is 0 Å². The zero-order valence-corrected chi connectivity index (χ0v) is 11.7. The molecule has 1 amide bonds. The molecule has 1 aromatic rings. The average Bonchev–Trinajstić information content (AvgIpc) is 2.45. The molecule has 0 aliphatic heterocycles. The Balaban J connectivity index is 2.22. The Morgan fingerprint density at radius 3 is 2.50 bits per heavy atom. The molecule has 1 rings (SSSR count). The van der Waals surface area contributed by atoms with Crippen LogP contribution >= 0.6 is 0 Å². The van der Waals surface area contributed by atoms with Crippen molar-refractivity contribution in [2.45, 2.75) is 32.2 Å². The van der Waals surface area contributed by atoms with Gasteiger partial charge in [0.2, 0.25) is 5.91 Å². The Bertz CT molecular complexity index is 434. The van der Waals surface area contributed by atoms with Crippen LogP contribution in [0.5, 0.6) is 0 Å². The minimum atomic E-state index is -0.842. The fourth-order valence-electron chi connectivity index (χ4n) is 1.79. The van der Waals surface area contributed by atoms with Gasteiger partial charge in [0.25, 0.3) is 0 Å². The van der Waals surface area contributed by atoms with Crippen LogP contribution in [0.25, 0.3) is 0 Å². The summed E-state index contributed by atoms with van der Waals surface area (Å²) in [5, 5.41) is 11.4. The summed E-state index contributed by atoms with van der Waals surface area (Å²) in [7, 11) is 0. The van der Waals surface area contributed by atoms with Gasteiger partial charge in [0.1, 0.15) is 0 Å². The first-order valence-electron chi connectivity index (χ1n) is 6.80. The smallest absolute Gasteiger partial charge is 0.306 e. The van der Waals surface area contributed by atoms with Gasteiger partial charge in [-0.1, -0.05) is 37.3 Å². The van der Waals surface area contributed by atoms with Crippen molar-refractivity contribution in [1.29, 1.82) is 0 Å². The lowest BCUT2D eigenvalue weighted by Gasteiger charge is -2.12. The van der Waals surface area contributed by atoms with E-state index in [9.17, 15) is 9.59 Å². The van der Waals surface area contributed by atoms with Gasteiger partial charge in [0, 0.05) is 19.0 Å². The van der Waals surface area contributed by atoms with Gasteiger partial charge in [-0.25, -0.2) is 0 Å². The molecule has 110 valence electrons. The SMILES string of the molecule is CC(CCNC(=O)CCC(N)c1ccccc1)C(=O)O. The first kappa shape index (κ1) is 16.2. The number of hydrogen-bond donors (Lipinski definition) is 3. The van der Waals surface area contributed by atoms with Crippen molar-refractivity contribution < 1.29 is 14.7 Å². The summed E-state index contributed by atoms with van der Waals surface area (Å²) in [4.78, 5) is 22.2. The van der Waals surface area contributed by atoms with Gasteiger partial charge < -0.3 is 16.2 Å². The van der Waals surface area contributed by atoms with E-state index >= 15 is 0 Å². The lowest BCUT2D eigenvalue weighted by atomic mass is 10.0. The Labute approximate surface area is 119 Å².